The van der Waals surface area contributed by atoms with Crippen molar-refractivity contribution in [2.24, 2.45) is 0 Å². The topological polar surface area (TPSA) is 24.1 Å². The maximum absolute atomic E-state index is 6.02. The second-order valence-corrected chi connectivity index (χ2v) is 5.06. The second-order valence-electron chi connectivity index (χ2n) is 4.63. The molecule has 1 heterocycles. The van der Waals surface area contributed by atoms with Crippen LogP contribution in [0.3, 0.4) is 0 Å². The summed E-state index contributed by atoms with van der Waals surface area (Å²) in [6.07, 6.45) is 5.14. The molecule has 0 atom stereocenters. The van der Waals surface area contributed by atoms with Crippen molar-refractivity contribution in [3.8, 4) is 0 Å². The highest BCUT2D eigenvalue weighted by molar-refractivity contribution is 6.31. The normalized spacial score (nSPS) is 21.9. The fourth-order valence-electron chi connectivity index (χ4n) is 2.54. The van der Waals surface area contributed by atoms with Crippen LogP contribution < -0.4 is 10.6 Å². The lowest BCUT2D eigenvalue weighted by molar-refractivity contribution is 0.268. The fourth-order valence-corrected chi connectivity index (χ4v) is 2.71. The average Bonchev–Trinajstić information content (AvgIpc) is 2.35. The molecular formula is C12H15ClN2. The molecule has 0 bridgehead atoms. The van der Waals surface area contributed by atoms with Gasteiger partial charge in [-0.25, -0.2) is 0 Å². The zero-order valence-corrected chi connectivity index (χ0v) is 9.40. The number of hydrogen-bond donors (Lipinski definition) is 2. The van der Waals surface area contributed by atoms with Crippen LogP contribution in [0.5, 0.6) is 0 Å². The van der Waals surface area contributed by atoms with Gasteiger partial charge in [0.2, 0.25) is 0 Å². The van der Waals surface area contributed by atoms with Gasteiger partial charge in [-0.05, 0) is 43.9 Å². The van der Waals surface area contributed by atoms with E-state index in [9.17, 15) is 0 Å². The van der Waals surface area contributed by atoms with Gasteiger partial charge in [-0.2, -0.15) is 0 Å². The van der Waals surface area contributed by atoms with Gasteiger partial charge >= 0.3 is 0 Å². The van der Waals surface area contributed by atoms with Crippen LogP contribution >= 0.6 is 11.6 Å². The summed E-state index contributed by atoms with van der Waals surface area (Å²) in [7, 11) is 0. The van der Waals surface area contributed by atoms with Crippen LogP contribution in [-0.4, -0.2) is 12.1 Å². The van der Waals surface area contributed by atoms with Crippen molar-refractivity contribution in [1.82, 2.24) is 0 Å². The predicted octanol–water partition coefficient (Wildman–Crippen LogP) is 3.49. The molecule has 0 aromatic heterocycles. The number of anilines is 2. The van der Waals surface area contributed by atoms with Gasteiger partial charge in [0, 0.05) is 17.1 Å². The van der Waals surface area contributed by atoms with E-state index in [2.05, 4.69) is 16.7 Å². The summed E-state index contributed by atoms with van der Waals surface area (Å²) in [6, 6.07) is 6.02. The molecule has 15 heavy (non-hydrogen) atoms. The van der Waals surface area contributed by atoms with Gasteiger partial charge in [-0.15, -0.1) is 0 Å². The summed E-state index contributed by atoms with van der Waals surface area (Å²) in [6.45, 7) is 1.06. The van der Waals surface area contributed by atoms with Crippen molar-refractivity contribution in [3.63, 3.8) is 0 Å². The van der Waals surface area contributed by atoms with Gasteiger partial charge in [0.1, 0.15) is 0 Å². The smallest absolute Gasteiger partial charge is 0.0595 e. The van der Waals surface area contributed by atoms with E-state index in [1.165, 1.54) is 37.1 Å². The summed E-state index contributed by atoms with van der Waals surface area (Å²) in [5.74, 6) is 0. The summed E-state index contributed by atoms with van der Waals surface area (Å²) >= 11 is 6.02. The monoisotopic (exact) mass is 222 g/mol. The zero-order valence-electron chi connectivity index (χ0n) is 8.65. The Hall–Kier alpha value is -0.890. The van der Waals surface area contributed by atoms with Gasteiger partial charge in [-0.3, -0.25) is 0 Å². The van der Waals surface area contributed by atoms with Crippen molar-refractivity contribution in [3.05, 3.63) is 23.2 Å². The molecule has 1 spiro atoms. The molecule has 0 unspecified atom stereocenters. The largest absolute Gasteiger partial charge is 0.383 e. The third kappa shape index (κ3) is 1.57. The third-order valence-electron chi connectivity index (χ3n) is 3.61. The Morgan fingerprint density at radius 2 is 2.00 bits per heavy atom. The van der Waals surface area contributed by atoms with E-state index in [4.69, 9.17) is 11.6 Å². The molecule has 1 aromatic rings. The van der Waals surface area contributed by atoms with Crippen LogP contribution in [0, 0.1) is 0 Å². The average molecular weight is 223 g/mol. The summed E-state index contributed by atoms with van der Waals surface area (Å²) < 4.78 is 0. The molecule has 3 heteroatoms. The van der Waals surface area contributed by atoms with E-state index >= 15 is 0 Å². The molecule has 80 valence electrons. The first-order valence-electron chi connectivity index (χ1n) is 5.59. The first-order valence-corrected chi connectivity index (χ1v) is 5.97. The molecule has 1 aliphatic carbocycles. The Morgan fingerprint density at radius 3 is 2.73 bits per heavy atom. The predicted molar refractivity (Wildman–Crippen MR) is 64.8 cm³/mol. The molecule has 0 radical (unpaired) electrons. The minimum absolute atomic E-state index is 0.350. The number of rotatable bonds is 0. The summed E-state index contributed by atoms with van der Waals surface area (Å²) in [5, 5.41) is 7.93. The number of benzene rings is 1. The number of nitrogens with one attached hydrogen (secondary N) is 2. The lowest BCUT2D eigenvalue weighted by Gasteiger charge is -2.42. The third-order valence-corrected chi connectivity index (χ3v) is 3.85. The maximum atomic E-state index is 6.02. The van der Waals surface area contributed by atoms with Crippen LogP contribution in [0.1, 0.15) is 25.7 Å². The molecule has 2 aliphatic rings. The second kappa shape index (κ2) is 3.31. The fraction of sp³-hybridized carbons (Fsp3) is 0.500. The van der Waals surface area contributed by atoms with E-state index in [1.54, 1.807) is 0 Å². The summed E-state index contributed by atoms with van der Waals surface area (Å²) in [5.41, 5.74) is 2.70. The molecular weight excluding hydrogens is 208 g/mol. The Bertz CT molecular complexity index is 385. The van der Waals surface area contributed by atoms with Crippen molar-refractivity contribution in [2.75, 3.05) is 17.2 Å². The molecule has 2 N–H and O–H groups in total. The molecule has 1 aliphatic heterocycles. The zero-order chi connectivity index (χ0) is 10.3. The SMILES string of the molecule is Clc1ccc2c(c1)NC1(CCC1)CCN2. The molecule has 3 rings (SSSR count). The van der Waals surface area contributed by atoms with Crippen LogP contribution in [0.25, 0.3) is 0 Å². The van der Waals surface area contributed by atoms with Gasteiger partial charge in [0.15, 0.2) is 0 Å². The molecule has 0 saturated heterocycles. The first kappa shape index (κ1) is 9.34. The highest BCUT2D eigenvalue weighted by Crippen LogP contribution is 2.42. The van der Waals surface area contributed by atoms with E-state index in [0.717, 1.165) is 11.6 Å². The van der Waals surface area contributed by atoms with Crippen LogP contribution in [0.4, 0.5) is 11.4 Å². The van der Waals surface area contributed by atoms with E-state index in [-0.39, 0.29) is 0 Å². The Balaban J connectivity index is 1.96. The highest BCUT2D eigenvalue weighted by atomic mass is 35.5. The van der Waals surface area contributed by atoms with Gasteiger partial charge in [-0.1, -0.05) is 11.6 Å². The standard InChI is InChI=1S/C12H15ClN2/c13-9-2-3-10-11(8-9)15-12(4-1-5-12)6-7-14-10/h2-3,8,14-15H,1,4-7H2. The Kier molecular flexibility index (Phi) is 2.06. The minimum atomic E-state index is 0.350. The van der Waals surface area contributed by atoms with Crippen LogP contribution in [0.2, 0.25) is 5.02 Å². The van der Waals surface area contributed by atoms with Crippen molar-refractivity contribution >= 4 is 23.0 Å². The molecule has 1 fully saturated rings. The van der Waals surface area contributed by atoms with Crippen molar-refractivity contribution in [1.29, 1.82) is 0 Å². The molecule has 0 amide bonds. The van der Waals surface area contributed by atoms with E-state index < -0.39 is 0 Å². The van der Waals surface area contributed by atoms with Gasteiger partial charge in [0.25, 0.3) is 0 Å². The molecule has 1 aromatic carbocycles. The van der Waals surface area contributed by atoms with Crippen molar-refractivity contribution in [2.45, 2.75) is 31.2 Å². The summed E-state index contributed by atoms with van der Waals surface area (Å²) in [4.78, 5) is 0. The van der Waals surface area contributed by atoms with Crippen LogP contribution in [0.15, 0.2) is 18.2 Å². The van der Waals surface area contributed by atoms with Gasteiger partial charge < -0.3 is 10.6 Å². The first-order chi connectivity index (χ1) is 7.27. The Labute approximate surface area is 95.0 Å². The minimum Gasteiger partial charge on any atom is -0.383 e. The Morgan fingerprint density at radius 1 is 1.13 bits per heavy atom. The quantitative estimate of drug-likeness (QED) is 0.702. The van der Waals surface area contributed by atoms with E-state index in [0.29, 0.717) is 5.54 Å². The molecule has 2 nitrogen and oxygen atoms in total. The van der Waals surface area contributed by atoms with Crippen molar-refractivity contribution < 1.29 is 0 Å². The molecule has 1 saturated carbocycles. The number of hydrogen-bond acceptors (Lipinski definition) is 2. The van der Waals surface area contributed by atoms with E-state index in [1.807, 2.05) is 12.1 Å². The van der Waals surface area contributed by atoms with Gasteiger partial charge in [0.05, 0.1) is 11.4 Å². The van der Waals surface area contributed by atoms with Crippen LogP contribution in [-0.2, 0) is 0 Å². The lowest BCUT2D eigenvalue weighted by Crippen LogP contribution is -2.45. The number of fused-ring (bicyclic) bond motifs is 1. The lowest BCUT2D eigenvalue weighted by atomic mass is 9.74. The highest BCUT2D eigenvalue weighted by Gasteiger charge is 2.37. The maximum Gasteiger partial charge on any atom is 0.0595 e. The number of halogens is 1.